The van der Waals surface area contributed by atoms with Crippen molar-refractivity contribution in [1.29, 1.82) is 0 Å². The van der Waals surface area contributed by atoms with Crippen molar-refractivity contribution in [2.45, 2.75) is 13.3 Å². The molecule has 1 saturated carbocycles. The molecule has 1 N–H and O–H groups in total. The fourth-order valence-corrected chi connectivity index (χ4v) is 2.30. The molecule has 1 aliphatic carbocycles. The monoisotopic (exact) mass is 263 g/mol. The van der Waals surface area contributed by atoms with E-state index in [9.17, 15) is 9.59 Å². The Hall–Kier alpha value is -1.61. The first-order chi connectivity index (χ1) is 8.50. The summed E-state index contributed by atoms with van der Waals surface area (Å²) < 4.78 is 0. The summed E-state index contributed by atoms with van der Waals surface area (Å²) in [7, 11) is 0. The minimum absolute atomic E-state index is 0.0534. The van der Waals surface area contributed by atoms with Crippen LogP contribution in [-0.2, 0) is 9.59 Å². The molecule has 4 heteroatoms. The normalized spacial score (nSPS) is 25.3. The molecule has 1 amide bonds. The summed E-state index contributed by atoms with van der Waals surface area (Å²) in [4.78, 5) is 23.8. The van der Waals surface area contributed by atoms with E-state index in [4.69, 9.17) is 11.6 Å². The summed E-state index contributed by atoms with van der Waals surface area (Å²) in [5.74, 6) is -0.427. The Morgan fingerprint density at radius 3 is 2.50 bits per heavy atom. The lowest BCUT2D eigenvalue weighted by atomic mass is 9.97. The number of rotatable bonds is 4. The van der Waals surface area contributed by atoms with Gasteiger partial charge in [-0.25, -0.2) is 0 Å². The number of hydrogen-bond acceptors (Lipinski definition) is 2. The highest BCUT2D eigenvalue weighted by molar-refractivity contribution is 6.30. The quantitative estimate of drug-likeness (QED) is 0.670. The Labute approximate surface area is 111 Å². The summed E-state index contributed by atoms with van der Waals surface area (Å²) in [5.41, 5.74) is -0.277. The minimum Gasteiger partial charge on any atom is -0.325 e. The van der Waals surface area contributed by atoms with Gasteiger partial charge in [-0.2, -0.15) is 0 Å². The first-order valence-electron chi connectivity index (χ1n) is 5.71. The average Bonchev–Trinajstić information content (AvgIpc) is 3.08. The zero-order valence-electron chi connectivity index (χ0n) is 10.1. The van der Waals surface area contributed by atoms with Gasteiger partial charge in [0.25, 0.3) is 0 Å². The van der Waals surface area contributed by atoms with E-state index < -0.39 is 5.41 Å². The third-order valence-corrected chi connectivity index (χ3v) is 3.69. The molecule has 94 valence electrons. The van der Waals surface area contributed by atoms with Gasteiger partial charge in [0.2, 0.25) is 5.91 Å². The highest BCUT2D eigenvalue weighted by Crippen LogP contribution is 2.54. The van der Waals surface area contributed by atoms with Crippen LogP contribution in [0, 0.1) is 11.3 Å². The van der Waals surface area contributed by atoms with Crippen molar-refractivity contribution < 1.29 is 9.59 Å². The second-order valence-corrected chi connectivity index (χ2v) is 4.97. The maximum absolute atomic E-state index is 12.2. The van der Waals surface area contributed by atoms with Crippen molar-refractivity contribution in [2.24, 2.45) is 11.3 Å². The van der Waals surface area contributed by atoms with E-state index >= 15 is 0 Å². The number of anilines is 1. The number of benzene rings is 1. The van der Waals surface area contributed by atoms with Gasteiger partial charge < -0.3 is 5.32 Å². The van der Waals surface area contributed by atoms with Crippen LogP contribution in [0.4, 0.5) is 5.69 Å². The number of ketones is 1. The van der Waals surface area contributed by atoms with Gasteiger partial charge in [0.05, 0.1) is 0 Å². The Balaban J connectivity index is 2.15. The summed E-state index contributed by atoms with van der Waals surface area (Å²) in [5, 5.41) is 3.35. The van der Waals surface area contributed by atoms with Crippen LogP contribution in [-0.4, -0.2) is 11.7 Å². The molecule has 1 aliphatic rings. The smallest absolute Gasteiger partial charge is 0.238 e. The second-order valence-electron chi connectivity index (χ2n) is 4.53. The molecular formula is C14H14ClNO2. The van der Waals surface area contributed by atoms with Crippen molar-refractivity contribution in [3.05, 3.63) is 41.9 Å². The van der Waals surface area contributed by atoms with E-state index in [1.807, 2.05) is 0 Å². The number of nitrogens with one attached hydrogen (secondary N) is 1. The first kappa shape index (κ1) is 12.8. The zero-order chi connectivity index (χ0) is 13.3. The van der Waals surface area contributed by atoms with E-state index in [0.29, 0.717) is 17.1 Å². The van der Waals surface area contributed by atoms with E-state index in [1.165, 1.54) is 6.92 Å². The predicted molar refractivity (Wildman–Crippen MR) is 71.5 cm³/mol. The van der Waals surface area contributed by atoms with Gasteiger partial charge in [-0.05, 0) is 43.5 Å². The molecule has 0 aromatic heterocycles. The molecule has 1 aromatic carbocycles. The number of Topliss-reactive ketones (excluding diaryl/α,β-unsaturated/α-hetero) is 1. The molecule has 0 radical (unpaired) electrons. The van der Waals surface area contributed by atoms with Crippen LogP contribution in [0.3, 0.4) is 0 Å². The molecule has 0 bridgehead atoms. The molecule has 2 atom stereocenters. The van der Waals surface area contributed by atoms with Gasteiger partial charge in [0.15, 0.2) is 0 Å². The van der Waals surface area contributed by atoms with Gasteiger partial charge in [0, 0.05) is 10.7 Å². The maximum Gasteiger partial charge on any atom is 0.238 e. The average molecular weight is 264 g/mol. The fraction of sp³-hybridized carbons (Fsp3) is 0.286. The van der Waals surface area contributed by atoms with Crippen LogP contribution in [0.1, 0.15) is 13.3 Å². The summed E-state index contributed by atoms with van der Waals surface area (Å²) >= 11 is 5.77. The highest BCUT2D eigenvalue weighted by atomic mass is 35.5. The zero-order valence-corrected chi connectivity index (χ0v) is 10.8. The van der Waals surface area contributed by atoms with E-state index in [-0.39, 0.29) is 17.6 Å². The fourth-order valence-electron chi connectivity index (χ4n) is 2.17. The Morgan fingerprint density at radius 1 is 1.44 bits per heavy atom. The van der Waals surface area contributed by atoms with Crippen molar-refractivity contribution in [2.75, 3.05) is 5.32 Å². The van der Waals surface area contributed by atoms with Crippen LogP contribution in [0.25, 0.3) is 0 Å². The molecule has 3 nitrogen and oxygen atoms in total. The lowest BCUT2D eigenvalue weighted by molar-refractivity contribution is -0.132. The molecule has 18 heavy (non-hydrogen) atoms. The topological polar surface area (TPSA) is 46.2 Å². The van der Waals surface area contributed by atoms with Crippen molar-refractivity contribution >= 4 is 29.0 Å². The lowest BCUT2D eigenvalue weighted by Crippen LogP contribution is -2.31. The van der Waals surface area contributed by atoms with E-state index in [1.54, 1.807) is 30.3 Å². The highest BCUT2D eigenvalue weighted by Gasteiger charge is 2.62. The van der Waals surface area contributed by atoms with Gasteiger partial charge in [-0.3, -0.25) is 9.59 Å². The van der Waals surface area contributed by atoms with Crippen LogP contribution in [0.15, 0.2) is 36.9 Å². The third-order valence-electron chi connectivity index (χ3n) is 3.43. The summed E-state index contributed by atoms with van der Waals surface area (Å²) in [6.07, 6.45) is 2.22. The molecule has 0 unspecified atom stereocenters. The van der Waals surface area contributed by atoms with E-state index in [0.717, 1.165) is 0 Å². The van der Waals surface area contributed by atoms with Crippen molar-refractivity contribution in [3.63, 3.8) is 0 Å². The van der Waals surface area contributed by atoms with Crippen LogP contribution in [0.2, 0.25) is 5.02 Å². The largest absolute Gasteiger partial charge is 0.325 e. The Morgan fingerprint density at radius 2 is 2.06 bits per heavy atom. The second kappa shape index (κ2) is 4.58. The third kappa shape index (κ3) is 2.06. The molecule has 0 aliphatic heterocycles. The van der Waals surface area contributed by atoms with Gasteiger partial charge >= 0.3 is 0 Å². The molecule has 1 fully saturated rings. The molecule has 0 heterocycles. The molecule has 1 aromatic rings. The molecule has 0 spiro atoms. The van der Waals surface area contributed by atoms with Crippen molar-refractivity contribution in [1.82, 2.24) is 0 Å². The van der Waals surface area contributed by atoms with Gasteiger partial charge in [-0.15, -0.1) is 6.58 Å². The van der Waals surface area contributed by atoms with Crippen LogP contribution >= 0.6 is 11.6 Å². The first-order valence-corrected chi connectivity index (χ1v) is 6.09. The SMILES string of the molecule is C=C[C@H]1C[C@@]1(C(C)=O)C(=O)Nc1ccc(Cl)cc1. The number of allylic oxidation sites excluding steroid dienone is 1. The number of halogens is 1. The standard InChI is InChI=1S/C14H14ClNO2/c1-3-10-8-14(10,9(2)17)13(18)16-12-6-4-11(15)5-7-12/h3-7,10H,1,8H2,2H3,(H,16,18)/t10-,14-/m0/s1. The van der Waals surface area contributed by atoms with Crippen LogP contribution < -0.4 is 5.32 Å². The lowest BCUT2D eigenvalue weighted by Gasteiger charge is -2.13. The van der Waals surface area contributed by atoms with Gasteiger partial charge in [-0.1, -0.05) is 17.7 Å². The number of carbonyl (C=O) groups is 2. The van der Waals surface area contributed by atoms with Gasteiger partial charge in [0.1, 0.15) is 11.2 Å². The summed E-state index contributed by atoms with van der Waals surface area (Å²) in [6.45, 7) is 5.10. The minimum atomic E-state index is -0.915. The number of carbonyl (C=O) groups excluding carboxylic acids is 2. The Bertz CT molecular complexity index is 509. The molecular weight excluding hydrogens is 250 g/mol. The summed E-state index contributed by atoms with van der Waals surface area (Å²) in [6, 6.07) is 6.80. The Kier molecular flexibility index (Phi) is 3.26. The molecule has 2 rings (SSSR count). The number of hydrogen-bond donors (Lipinski definition) is 1. The van der Waals surface area contributed by atoms with Crippen molar-refractivity contribution in [3.8, 4) is 0 Å². The molecule has 0 saturated heterocycles. The van der Waals surface area contributed by atoms with E-state index in [2.05, 4.69) is 11.9 Å². The maximum atomic E-state index is 12.2. The predicted octanol–water partition coefficient (Wildman–Crippen LogP) is 3.06. The van der Waals surface area contributed by atoms with Crippen LogP contribution in [0.5, 0.6) is 0 Å². The number of amides is 1.